The molecule has 4 heterocycles. The molecule has 1 N–H and O–H groups in total. The van der Waals surface area contributed by atoms with E-state index in [-0.39, 0.29) is 49.8 Å². The van der Waals surface area contributed by atoms with Crippen LogP contribution in [0.5, 0.6) is 0 Å². The molecule has 4 aromatic rings. The largest absolute Gasteiger partial charge is 0.416 e. The second-order valence-corrected chi connectivity index (χ2v) is 9.88. The lowest BCUT2D eigenvalue weighted by atomic mass is 10.1. The fourth-order valence-corrected chi connectivity index (χ4v) is 5.31. The third-order valence-electron chi connectivity index (χ3n) is 6.33. The summed E-state index contributed by atoms with van der Waals surface area (Å²) in [6.45, 7) is 4.13. The number of nitrogens with zero attached hydrogens (tertiary/aromatic N) is 4. The maximum atomic E-state index is 13.4. The molecule has 1 amide bonds. The second-order valence-electron chi connectivity index (χ2n) is 8.85. The lowest BCUT2D eigenvalue weighted by Gasteiger charge is -2.29. The standard InChI is InChI=1S/C26H24F3N5O3S.2ClH/c1-3-37-34-23(35)19-14-33(24(36)21-13-17-5-4-11-30-22(17)38-21)12-10-20(19)32-25(34)31-15(2)16-6-8-18(9-7-16)26(27,28)29;;/h4-9,11,13,15H,3,10,12,14H2,1-2H3,(H,31,32);2*1H/t15-;;/m0../s1. The Morgan fingerprint density at radius 3 is 2.58 bits per heavy atom. The number of anilines is 1. The van der Waals surface area contributed by atoms with Crippen LogP contribution in [0.4, 0.5) is 19.1 Å². The molecule has 1 aromatic carbocycles. The number of hydrogen-bond donors (Lipinski definition) is 1. The van der Waals surface area contributed by atoms with E-state index < -0.39 is 23.3 Å². The van der Waals surface area contributed by atoms with Crippen molar-refractivity contribution in [3.8, 4) is 0 Å². The summed E-state index contributed by atoms with van der Waals surface area (Å²) in [7, 11) is 0. The highest BCUT2D eigenvalue weighted by Crippen LogP contribution is 2.31. The van der Waals surface area contributed by atoms with Gasteiger partial charge in [-0.1, -0.05) is 18.2 Å². The number of fused-ring (bicyclic) bond motifs is 2. The molecular weight excluding hydrogens is 590 g/mol. The van der Waals surface area contributed by atoms with Crippen LogP contribution in [0.15, 0.2) is 53.5 Å². The number of amides is 1. The van der Waals surface area contributed by atoms with E-state index in [0.29, 0.717) is 34.7 Å². The maximum Gasteiger partial charge on any atom is 0.416 e. The minimum atomic E-state index is -4.42. The first-order chi connectivity index (χ1) is 18.2. The lowest BCUT2D eigenvalue weighted by molar-refractivity contribution is -0.137. The molecule has 0 spiro atoms. The zero-order chi connectivity index (χ0) is 27.0. The fraction of sp³-hybridized carbons (Fsp3) is 0.308. The van der Waals surface area contributed by atoms with E-state index in [0.717, 1.165) is 27.1 Å². The number of carbonyl (C=O) groups is 1. The van der Waals surface area contributed by atoms with Crippen molar-refractivity contribution in [1.82, 2.24) is 19.6 Å². The van der Waals surface area contributed by atoms with Crippen LogP contribution < -0.4 is 15.7 Å². The Kier molecular flexibility index (Phi) is 9.70. The molecule has 1 atom stereocenters. The van der Waals surface area contributed by atoms with Gasteiger partial charge in [0.2, 0.25) is 5.95 Å². The van der Waals surface area contributed by atoms with Crippen LogP contribution in [0.3, 0.4) is 0 Å². The van der Waals surface area contributed by atoms with Crippen LogP contribution in [0.2, 0.25) is 0 Å². The highest BCUT2D eigenvalue weighted by Gasteiger charge is 2.31. The van der Waals surface area contributed by atoms with Gasteiger partial charge in [0.1, 0.15) is 11.4 Å². The summed E-state index contributed by atoms with van der Waals surface area (Å²) in [6, 6.07) is 9.85. The maximum absolute atomic E-state index is 13.4. The molecule has 0 bridgehead atoms. The van der Waals surface area contributed by atoms with E-state index in [1.807, 2.05) is 12.1 Å². The van der Waals surface area contributed by atoms with Crippen molar-refractivity contribution in [3.05, 3.63) is 86.3 Å². The van der Waals surface area contributed by atoms with Gasteiger partial charge in [0.25, 0.3) is 11.5 Å². The SMILES string of the molecule is CCOn1c(N[C@@H](C)c2ccc(C(F)(F)F)cc2)nc2c(c1=O)CN(C(=O)c1cc3cccnc3s1)CC2.Cl.Cl. The van der Waals surface area contributed by atoms with E-state index in [1.54, 1.807) is 31.0 Å². The van der Waals surface area contributed by atoms with Crippen molar-refractivity contribution in [2.75, 3.05) is 18.5 Å². The molecule has 1 aliphatic heterocycles. The first-order valence-corrected chi connectivity index (χ1v) is 12.8. The highest BCUT2D eigenvalue weighted by atomic mass is 35.5. The molecule has 3 aromatic heterocycles. The van der Waals surface area contributed by atoms with E-state index >= 15 is 0 Å². The molecule has 214 valence electrons. The number of thiophene rings is 1. The minimum Gasteiger partial charge on any atom is -0.408 e. The molecule has 8 nitrogen and oxygen atoms in total. The number of pyridine rings is 1. The topological polar surface area (TPSA) is 89.4 Å². The van der Waals surface area contributed by atoms with Crippen molar-refractivity contribution in [3.63, 3.8) is 0 Å². The molecule has 0 radical (unpaired) electrons. The molecule has 0 saturated carbocycles. The van der Waals surface area contributed by atoms with Crippen molar-refractivity contribution in [2.24, 2.45) is 0 Å². The molecule has 5 rings (SSSR count). The summed E-state index contributed by atoms with van der Waals surface area (Å²) in [5.41, 5.74) is 0.329. The third kappa shape index (κ3) is 6.18. The van der Waals surface area contributed by atoms with Crippen molar-refractivity contribution >= 4 is 58.2 Å². The lowest BCUT2D eigenvalue weighted by Crippen LogP contribution is -2.42. The highest BCUT2D eigenvalue weighted by molar-refractivity contribution is 7.20. The smallest absolute Gasteiger partial charge is 0.408 e. The van der Waals surface area contributed by atoms with Gasteiger partial charge in [-0.3, -0.25) is 9.59 Å². The summed E-state index contributed by atoms with van der Waals surface area (Å²) in [5, 5.41) is 3.98. The number of carbonyl (C=O) groups excluding carboxylic acids is 1. The molecule has 0 saturated heterocycles. The van der Waals surface area contributed by atoms with Crippen LogP contribution in [0, 0.1) is 0 Å². The zero-order valence-electron chi connectivity index (χ0n) is 21.4. The Bertz CT molecular complexity index is 1530. The van der Waals surface area contributed by atoms with Crippen LogP contribution in [-0.2, 0) is 19.1 Å². The second kappa shape index (κ2) is 12.4. The van der Waals surface area contributed by atoms with Crippen molar-refractivity contribution < 1.29 is 22.8 Å². The number of nitrogens with one attached hydrogen (secondary N) is 1. The molecule has 0 aliphatic carbocycles. The summed E-state index contributed by atoms with van der Waals surface area (Å²) >= 11 is 1.31. The van der Waals surface area contributed by atoms with Crippen LogP contribution in [0.25, 0.3) is 10.2 Å². The zero-order valence-corrected chi connectivity index (χ0v) is 23.8. The number of rotatable bonds is 6. The average molecular weight is 616 g/mol. The molecule has 14 heteroatoms. The van der Waals surface area contributed by atoms with Crippen molar-refractivity contribution in [1.29, 1.82) is 0 Å². The molecule has 0 unspecified atom stereocenters. The van der Waals surface area contributed by atoms with Gasteiger partial charge in [-0.05, 0) is 43.7 Å². The Labute approximate surface area is 244 Å². The monoisotopic (exact) mass is 615 g/mol. The molecule has 0 fully saturated rings. The number of aromatic nitrogens is 3. The number of benzene rings is 1. The van der Waals surface area contributed by atoms with Gasteiger partial charge in [-0.15, -0.1) is 40.9 Å². The summed E-state index contributed by atoms with van der Waals surface area (Å²) in [4.78, 5) is 44.1. The summed E-state index contributed by atoms with van der Waals surface area (Å²) in [5.74, 6) is -0.0301. The van der Waals surface area contributed by atoms with Crippen LogP contribution in [-0.4, -0.2) is 38.7 Å². The van der Waals surface area contributed by atoms with Gasteiger partial charge < -0.3 is 15.1 Å². The normalized spacial score (nSPS) is 13.6. The van der Waals surface area contributed by atoms with Gasteiger partial charge >= 0.3 is 6.18 Å². The minimum absolute atomic E-state index is 0. The van der Waals surface area contributed by atoms with Gasteiger partial charge in [0.15, 0.2) is 0 Å². The number of alkyl halides is 3. The molecular formula is C26H26Cl2F3N5O3S. The van der Waals surface area contributed by atoms with Crippen LogP contribution >= 0.6 is 36.2 Å². The molecule has 40 heavy (non-hydrogen) atoms. The number of hydrogen-bond acceptors (Lipinski definition) is 7. The quantitative estimate of drug-likeness (QED) is 0.306. The van der Waals surface area contributed by atoms with E-state index in [2.05, 4.69) is 15.3 Å². The Hall–Kier alpha value is -3.35. The Morgan fingerprint density at radius 2 is 1.93 bits per heavy atom. The van der Waals surface area contributed by atoms with Gasteiger partial charge in [0.05, 0.1) is 34.3 Å². The molecule has 1 aliphatic rings. The summed E-state index contributed by atoms with van der Waals surface area (Å²) < 4.78 is 39.8. The Morgan fingerprint density at radius 1 is 1.20 bits per heavy atom. The van der Waals surface area contributed by atoms with Crippen molar-refractivity contribution in [2.45, 2.75) is 39.0 Å². The number of halogens is 5. The van der Waals surface area contributed by atoms with Crippen LogP contribution in [0.1, 0.15) is 51.9 Å². The fourth-order valence-electron chi connectivity index (χ4n) is 4.34. The predicted octanol–water partition coefficient (Wildman–Crippen LogP) is 5.54. The van der Waals surface area contributed by atoms with E-state index in [1.165, 1.54) is 23.5 Å². The third-order valence-corrected chi connectivity index (χ3v) is 7.37. The first kappa shape index (κ1) is 31.2. The average Bonchev–Trinajstić information content (AvgIpc) is 3.34. The van der Waals surface area contributed by atoms with E-state index in [4.69, 9.17) is 4.84 Å². The van der Waals surface area contributed by atoms with Gasteiger partial charge in [0, 0.05) is 24.5 Å². The van der Waals surface area contributed by atoms with Gasteiger partial charge in [-0.2, -0.15) is 13.2 Å². The first-order valence-electron chi connectivity index (χ1n) is 12.0. The van der Waals surface area contributed by atoms with E-state index in [9.17, 15) is 22.8 Å². The summed E-state index contributed by atoms with van der Waals surface area (Å²) in [6.07, 6.45) is -2.38. The van der Waals surface area contributed by atoms with Gasteiger partial charge in [-0.25, -0.2) is 9.97 Å². The predicted molar refractivity (Wildman–Crippen MR) is 152 cm³/mol. The Balaban J connectivity index is 0.00000220.